The highest BCUT2D eigenvalue weighted by Crippen LogP contribution is 2.33. The highest BCUT2D eigenvalue weighted by Gasteiger charge is 2.25. The smallest absolute Gasteiger partial charge is 0.105 e. The van der Waals surface area contributed by atoms with Crippen molar-refractivity contribution >= 4 is 0 Å². The van der Waals surface area contributed by atoms with E-state index in [0.717, 1.165) is 17.1 Å². The zero-order chi connectivity index (χ0) is 10.2. The molecule has 1 aromatic heterocycles. The second kappa shape index (κ2) is 3.18. The molecule has 0 radical (unpaired) electrons. The van der Waals surface area contributed by atoms with Crippen LogP contribution >= 0.6 is 0 Å². The third-order valence-corrected chi connectivity index (χ3v) is 2.35. The van der Waals surface area contributed by atoms with Crippen LogP contribution in [0.4, 0.5) is 0 Å². The molecule has 0 saturated heterocycles. The minimum Gasteiger partial charge on any atom is -0.466 e. The summed E-state index contributed by atoms with van der Waals surface area (Å²) in [6.07, 6.45) is 0. The molecule has 1 aromatic rings. The first kappa shape index (κ1) is 10.3. The first-order valence-corrected chi connectivity index (χ1v) is 4.65. The van der Waals surface area contributed by atoms with E-state index in [-0.39, 0.29) is 11.5 Å². The first-order valence-electron chi connectivity index (χ1n) is 4.65. The lowest BCUT2D eigenvalue weighted by Crippen LogP contribution is -2.26. The van der Waals surface area contributed by atoms with Gasteiger partial charge in [0.2, 0.25) is 0 Å². The van der Waals surface area contributed by atoms with Gasteiger partial charge in [-0.2, -0.15) is 0 Å². The summed E-state index contributed by atoms with van der Waals surface area (Å²) < 4.78 is 5.45. The summed E-state index contributed by atoms with van der Waals surface area (Å²) in [4.78, 5) is 0. The lowest BCUT2D eigenvalue weighted by Gasteiger charge is -2.26. The van der Waals surface area contributed by atoms with Crippen LogP contribution in [0.1, 0.15) is 43.9 Å². The topological polar surface area (TPSA) is 39.2 Å². The van der Waals surface area contributed by atoms with Crippen molar-refractivity contribution in [1.29, 1.82) is 0 Å². The molecule has 0 amide bonds. The van der Waals surface area contributed by atoms with E-state index in [9.17, 15) is 0 Å². The molecule has 2 nitrogen and oxygen atoms in total. The highest BCUT2D eigenvalue weighted by atomic mass is 16.3. The quantitative estimate of drug-likeness (QED) is 0.723. The predicted octanol–water partition coefficient (Wildman–Crippen LogP) is 2.94. The van der Waals surface area contributed by atoms with Gasteiger partial charge in [0.15, 0.2) is 0 Å². The summed E-state index contributed by atoms with van der Waals surface area (Å²) in [5.41, 5.74) is 7.34. The zero-order valence-corrected chi connectivity index (χ0v) is 9.14. The molecule has 1 rings (SSSR count). The summed E-state index contributed by atoms with van der Waals surface area (Å²) >= 11 is 0. The first-order chi connectivity index (χ1) is 5.82. The Balaban J connectivity index is 3.01. The average Bonchev–Trinajstić information content (AvgIpc) is 2.26. The van der Waals surface area contributed by atoms with Crippen LogP contribution in [0.25, 0.3) is 0 Å². The summed E-state index contributed by atoms with van der Waals surface area (Å²) in [5.74, 6) is 1.88. The average molecular weight is 181 g/mol. The largest absolute Gasteiger partial charge is 0.466 e. The molecule has 0 aliphatic heterocycles. The Hall–Kier alpha value is -0.760. The Morgan fingerprint density at radius 3 is 2.15 bits per heavy atom. The fraction of sp³-hybridized carbons (Fsp3) is 0.636. The van der Waals surface area contributed by atoms with E-state index in [2.05, 4.69) is 20.8 Å². The van der Waals surface area contributed by atoms with Crippen molar-refractivity contribution in [1.82, 2.24) is 0 Å². The maximum absolute atomic E-state index is 6.13. The van der Waals surface area contributed by atoms with Crippen molar-refractivity contribution < 1.29 is 4.42 Å². The minimum absolute atomic E-state index is 0.0462. The minimum atomic E-state index is 0.0462. The van der Waals surface area contributed by atoms with Gasteiger partial charge in [-0.25, -0.2) is 0 Å². The van der Waals surface area contributed by atoms with E-state index in [4.69, 9.17) is 10.2 Å². The monoisotopic (exact) mass is 181 g/mol. The van der Waals surface area contributed by atoms with Crippen molar-refractivity contribution in [2.45, 2.75) is 40.7 Å². The van der Waals surface area contributed by atoms with Crippen molar-refractivity contribution in [2.24, 2.45) is 11.1 Å². The second-order valence-electron chi connectivity index (χ2n) is 4.71. The SMILES string of the molecule is Cc1cc(C(N)C(C)(C)C)c(C)o1. The Kier molecular flexibility index (Phi) is 2.53. The molecule has 1 atom stereocenters. The molecule has 0 bridgehead atoms. The van der Waals surface area contributed by atoms with Crippen molar-refractivity contribution in [3.05, 3.63) is 23.2 Å². The van der Waals surface area contributed by atoms with Gasteiger partial charge in [-0.15, -0.1) is 0 Å². The van der Waals surface area contributed by atoms with Gasteiger partial charge in [-0.05, 0) is 25.3 Å². The fourth-order valence-corrected chi connectivity index (χ4v) is 1.43. The van der Waals surface area contributed by atoms with Crippen molar-refractivity contribution in [3.8, 4) is 0 Å². The van der Waals surface area contributed by atoms with Crippen LogP contribution in [-0.2, 0) is 0 Å². The molecule has 74 valence electrons. The van der Waals surface area contributed by atoms with E-state index < -0.39 is 0 Å². The van der Waals surface area contributed by atoms with Gasteiger partial charge in [0.1, 0.15) is 11.5 Å². The second-order valence-corrected chi connectivity index (χ2v) is 4.71. The molecule has 1 heterocycles. The molecule has 13 heavy (non-hydrogen) atoms. The molecule has 0 spiro atoms. The van der Waals surface area contributed by atoms with Crippen molar-refractivity contribution in [3.63, 3.8) is 0 Å². The Morgan fingerprint density at radius 2 is 1.85 bits per heavy atom. The van der Waals surface area contributed by atoms with E-state index in [0.29, 0.717) is 0 Å². The Bertz CT molecular complexity index is 294. The molecule has 0 aliphatic carbocycles. The highest BCUT2D eigenvalue weighted by molar-refractivity contribution is 5.25. The lowest BCUT2D eigenvalue weighted by molar-refractivity contribution is 0.323. The van der Waals surface area contributed by atoms with Crippen LogP contribution in [0.2, 0.25) is 0 Å². The van der Waals surface area contributed by atoms with Crippen LogP contribution in [0.5, 0.6) is 0 Å². The molecule has 2 N–H and O–H groups in total. The fourth-order valence-electron chi connectivity index (χ4n) is 1.43. The lowest BCUT2D eigenvalue weighted by atomic mass is 9.83. The molecule has 0 fully saturated rings. The summed E-state index contributed by atoms with van der Waals surface area (Å²) in [6.45, 7) is 10.3. The normalized spacial score (nSPS) is 14.6. The van der Waals surface area contributed by atoms with E-state index in [1.165, 1.54) is 0 Å². The number of furan rings is 1. The molecular formula is C11H19NO. The summed E-state index contributed by atoms with van der Waals surface area (Å²) in [7, 11) is 0. The van der Waals surface area contributed by atoms with E-state index >= 15 is 0 Å². The van der Waals surface area contributed by atoms with Crippen LogP contribution in [0, 0.1) is 19.3 Å². The molecule has 0 aliphatic rings. The molecular weight excluding hydrogens is 162 g/mol. The Labute approximate surface area is 80.1 Å². The van der Waals surface area contributed by atoms with Gasteiger partial charge in [-0.3, -0.25) is 0 Å². The third kappa shape index (κ3) is 2.13. The van der Waals surface area contributed by atoms with Crippen LogP contribution in [-0.4, -0.2) is 0 Å². The maximum atomic E-state index is 6.13. The van der Waals surface area contributed by atoms with Gasteiger partial charge >= 0.3 is 0 Å². The van der Waals surface area contributed by atoms with E-state index in [1.54, 1.807) is 0 Å². The summed E-state index contributed by atoms with van der Waals surface area (Å²) in [5, 5.41) is 0. The van der Waals surface area contributed by atoms with Gasteiger partial charge in [0.25, 0.3) is 0 Å². The standard InChI is InChI=1S/C11H19NO/c1-7-6-9(8(2)13-7)10(12)11(3,4)5/h6,10H,12H2,1-5H3. The summed E-state index contributed by atoms with van der Waals surface area (Å²) in [6, 6.07) is 2.08. The maximum Gasteiger partial charge on any atom is 0.105 e. The van der Waals surface area contributed by atoms with Crippen molar-refractivity contribution in [2.75, 3.05) is 0 Å². The number of hydrogen-bond acceptors (Lipinski definition) is 2. The van der Waals surface area contributed by atoms with Crippen LogP contribution in [0.3, 0.4) is 0 Å². The van der Waals surface area contributed by atoms with Gasteiger partial charge < -0.3 is 10.2 Å². The predicted molar refractivity (Wildman–Crippen MR) is 54.6 cm³/mol. The molecule has 1 unspecified atom stereocenters. The zero-order valence-electron chi connectivity index (χ0n) is 9.14. The Morgan fingerprint density at radius 1 is 1.31 bits per heavy atom. The molecule has 0 aromatic carbocycles. The number of rotatable bonds is 1. The van der Waals surface area contributed by atoms with Gasteiger partial charge in [0.05, 0.1) is 0 Å². The molecule has 0 saturated carbocycles. The number of hydrogen-bond donors (Lipinski definition) is 1. The third-order valence-electron chi connectivity index (χ3n) is 2.35. The van der Waals surface area contributed by atoms with Gasteiger partial charge in [-0.1, -0.05) is 20.8 Å². The van der Waals surface area contributed by atoms with E-state index in [1.807, 2.05) is 19.9 Å². The molecule has 2 heteroatoms. The van der Waals surface area contributed by atoms with Gasteiger partial charge in [0, 0.05) is 11.6 Å². The van der Waals surface area contributed by atoms with Crippen LogP contribution < -0.4 is 5.73 Å². The number of nitrogens with two attached hydrogens (primary N) is 1. The number of aryl methyl sites for hydroxylation is 2. The van der Waals surface area contributed by atoms with Crippen LogP contribution in [0.15, 0.2) is 10.5 Å².